The van der Waals surface area contributed by atoms with E-state index in [4.69, 9.17) is 14.8 Å². The number of unbranched alkanes of at least 4 members (excludes halogenated alkanes) is 1. The third kappa shape index (κ3) is 6.74. The molecule has 0 radical (unpaired) electrons. The van der Waals surface area contributed by atoms with Crippen molar-refractivity contribution in [3.63, 3.8) is 0 Å². The SMILES string of the molecule is CC.OB(O)c1ccc(OCCCCc2cccnc2)cc1. The van der Waals surface area contributed by atoms with Gasteiger partial charge in [0.25, 0.3) is 0 Å². The van der Waals surface area contributed by atoms with Gasteiger partial charge in [-0.1, -0.05) is 32.0 Å². The maximum atomic E-state index is 8.98. The molecule has 1 aromatic carbocycles. The number of aryl methyl sites for hydroxylation is 1. The number of rotatable bonds is 7. The summed E-state index contributed by atoms with van der Waals surface area (Å²) in [6.45, 7) is 4.65. The molecular weight excluding hydrogens is 277 g/mol. The van der Waals surface area contributed by atoms with E-state index in [2.05, 4.69) is 11.1 Å². The average molecular weight is 301 g/mol. The van der Waals surface area contributed by atoms with Gasteiger partial charge in [-0.25, -0.2) is 0 Å². The van der Waals surface area contributed by atoms with Crippen LogP contribution in [0.5, 0.6) is 5.75 Å². The van der Waals surface area contributed by atoms with Gasteiger partial charge in [0.2, 0.25) is 0 Å². The smallest absolute Gasteiger partial charge is 0.488 e. The zero-order valence-corrected chi connectivity index (χ0v) is 13.3. The summed E-state index contributed by atoms with van der Waals surface area (Å²) in [5.41, 5.74) is 1.71. The second-order valence-corrected chi connectivity index (χ2v) is 4.61. The molecule has 2 aromatic rings. The van der Waals surface area contributed by atoms with E-state index in [1.54, 1.807) is 30.5 Å². The summed E-state index contributed by atoms with van der Waals surface area (Å²) in [4.78, 5) is 4.08. The van der Waals surface area contributed by atoms with Gasteiger partial charge >= 0.3 is 7.12 Å². The van der Waals surface area contributed by atoms with Crippen molar-refractivity contribution in [2.75, 3.05) is 6.61 Å². The van der Waals surface area contributed by atoms with E-state index in [0.717, 1.165) is 25.0 Å². The van der Waals surface area contributed by atoms with Gasteiger partial charge in [0.1, 0.15) is 5.75 Å². The van der Waals surface area contributed by atoms with Gasteiger partial charge in [0.15, 0.2) is 0 Å². The van der Waals surface area contributed by atoms with Crippen LogP contribution in [0, 0.1) is 0 Å². The summed E-state index contributed by atoms with van der Waals surface area (Å²) in [6.07, 6.45) is 6.70. The van der Waals surface area contributed by atoms with E-state index in [1.165, 1.54) is 5.56 Å². The fourth-order valence-electron chi connectivity index (χ4n) is 1.90. The van der Waals surface area contributed by atoms with Gasteiger partial charge in [-0.2, -0.15) is 0 Å². The lowest BCUT2D eigenvalue weighted by Gasteiger charge is -2.07. The van der Waals surface area contributed by atoms with Gasteiger partial charge in [0, 0.05) is 12.4 Å². The van der Waals surface area contributed by atoms with Crippen molar-refractivity contribution in [3.8, 4) is 5.75 Å². The highest BCUT2D eigenvalue weighted by molar-refractivity contribution is 6.58. The Morgan fingerprint density at radius 1 is 1.05 bits per heavy atom. The Kier molecular flexibility index (Phi) is 8.95. The Balaban J connectivity index is 0.00000116. The summed E-state index contributed by atoms with van der Waals surface area (Å²) < 4.78 is 5.60. The molecule has 2 rings (SSSR count). The quantitative estimate of drug-likeness (QED) is 0.608. The second-order valence-electron chi connectivity index (χ2n) is 4.61. The first-order chi connectivity index (χ1) is 10.8. The normalized spacial score (nSPS) is 9.64. The monoisotopic (exact) mass is 301 g/mol. The first-order valence-corrected chi connectivity index (χ1v) is 7.73. The predicted molar refractivity (Wildman–Crippen MR) is 90.3 cm³/mol. The van der Waals surface area contributed by atoms with Crippen LogP contribution in [-0.2, 0) is 6.42 Å². The predicted octanol–water partition coefficient (Wildman–Crippen LogP) is 2.19. The Morgan fingerprint density at radius 3 is 2.36 bits per heavy atom. The highest BCUT2D eigenvalue weighted by Crippen LogP contribution is 2.09. The Hall–Kier alpha value is -1.85. The highest BCUT2D eigenvalue weighted by atomic mass is 16.5. The number of benzene rings is 1. The fourth-order valence-corrected chi connectivity index (χ4v) is 1.90. The molecule has 0 aliphatic heterocycles. The van der Waals surface area contributed by atoms with Crippen molar-refractivity contribution in [1.29, 1.82) is 0 Å². The molecule has 1 heterocycles. The summed E-state index contributed by atoms with van der Waals surface area (Å²) in [6, 6.07) is 10.8. The van der Waals surface area contributed by atoms with Crippen LogP contribution in [0.15, 0.2) is 48.8 Å². The Labute approximate surface area is 132 Å². The largest absolute Gasteiger partial charge is 0.494 e. The van der Waals surface area contributed by atoms with Crippen molar-refractivity contribution in [2.24, 2.45) is 0 Å². The lowest BCUT2D eigenvalue weighted by Crippen LogP contribution is -2.29. The van der Waals surface area contributed by atoms with Crippen LogP contribution in [0.3, 0.4) is 0 Å². The minimum atomic E-state index is -1.43. The summed E-state index contributed by atoms with van der Waals surface area (Å²) in [7, 11) is -1.43. The molecule has 4 nitrogen and oxygen atoms in total. The molecule has 118 valence electrons. The topological polar surface area (TPSA) is 62.6 Å². The number of pyridine rings is 1. The molecule has 22 heavy (non-hydrogen) atoms. The third-order valence-electron chi connectivity index (χ3n) is 3.03. The van der Waals surface area contributed by atoms with Crippen LogP contribution in [-0.4, -0.2) is 28.8 Å². The van der Waals surface area contributed by atoms with E-state index in [1.807, 2.05) is 26.1 Å². The zero-order valence-electron chi connectivity index (χ0n) is 13.3. The number of hydrogen-bond donors (Lipinski definition) is 2. The first-order valence-electron chi connectivity index (χ1n) is 7.73. The molecule has 0 aliphatic rings. The van der Waals surface area contributed by atoms with E-state index in [-0.39, 0.29) is 0 Å². The molecular formula is C17H24BNO3. The summed E-state index contributed by atoms with van der Waals surface area (Å²) >= 11 is 0. The lowest BCUT2D eigenvalue weighted by atomic mass is 9.80. The van der Waals surface area contributed by atoms with E-state index >= 15 is 0 Å². The molecule has 1 aromatic heterocycles. The number of aromatic nitrogens is 1. The van der Waals surface area contributed by atoms with Crippen molar-refractivity contribution < 1.29 is 14.8 Å². The summed E-state index contributed by atoms with van der Waals surface area (Å²) in [5, 5.41) is 18.0. The maximum absolute atomic E-state index is 8.98. The van der Waals surface area contributed by atoms with Crippen LogP contribution in [0.4, 0.5) is 0 Å². The number of ether oxygens (including phenoxy) is 1. The van der Waals surface area contributed by atoms with Gasteiger partial charge in [0.05, 0.1) is 6.61 Å². The van der Waals surface area contributed by atoms with E-state index < -0.39 is 7.12 Å². The molecule has 0 saturated carbocycles. The maximum Gasteiger partial charge on any atom is 0.488 e. The van der Waals surface area contributed by atoms with Gasteiger partial charge in [-0.3, -0.25) is 4.98 Å². The highest BCUT2D eigenvalue weighted by Gasteiger charge is 2.09. The van der Waals surface area contributed by atoms with Crippen LogP contribution in [0.25, 0.3) is 0 Å². The Morgan fingerprint density at radius 2 is 1.77 bits per heavy atom. The molecule has 0 atom stereocenters. The van der Waals surface area contributed by atoms with Gasteiger partial charge in [-0.05, 0) is 48.5 Å². The van der Waals surface area contributed by atoms with Crippen molar-refractivity contribution in [1.82, 2.24) is 4.98 Å². The van der Waals surface area contributed by atoms with Crippen molar-refractivity contribution >= 4 is 12.6 Å². The lowest BCUT2D eigenvalue weighted by molar-refractivity contribution is 0.307. The van der Waals surface area contributed by atoms with Gasteiger partial charge < -0.3 is 14.8 Å². The molecule has 0 amide bonds. The molecule has 2 N–H and O–H groups in total. The fraction of sp³-hybridized carbons (Fsp3) is 0.353. The van der Waals surface area contributed by atoms with Crippen molar-refractivity contribution in [2.45, 2.75) is 33.1 Å². The Bertz CT molecular complexity index is 503. The minimum absolute atomic E-state index is 0.467. The second kappa shape index (κ2) is 10.8. The minimum Gasteiger partial charge on any atom is -0.494 e. The number of nitrogens with zero attached hydrogens (tertiary/aromatic N) is 1. The van der Waals surface area contributed by atoms with Crippen LogP contribution in [0.1, 0.15) is 32.3 Å². The van der Waals surface area contributed by atoms with Crippen molar-refractivity contribution in [3.05, 3.63) is 54.4 Å². The standard InChI is InChI=1S/C15H18BNO3.C2H6/c18-16(19)14-6-8-15(9-7-14)20-11-2-1-4-13-5-3-10-17-12-13;1-2/h3,5-10,12,18-19H,1-2,4,11H2;1-2H3. The molecule has 0 saturated heterocycles. The van der Waals surface area contributed by atoms with E-state index in [0.29, 0.717) is 12.1 Å². The van der Waals surface area contributed by atoms with Crippen LogP contribution < -0.4 is 10.2 Å². The molecule has 0 spiro atoms. The molecule has 5 heteroatoms. The molecule has 0 fully saturated rings. The number of hydrogen-bond acceptors (Lipinski definition) is 4. The third-order valence-corrected chi connectivity index (χ3v) is 3.03. The average Bonchev–Trinajstić information content (AvgIpc) is 2.58. The van der Waals surface area contributed by atoms with Crippen LogP contribution >= 0.6 is 0 Å². The first kappa shape index (κ1) is 18.2. The summed E-state index contributed by atoms with van der Waals surface area (Å²) in [5.74, 6) is 0.746. The van der Waals surface area contributed by atoms with Crippen LogP contribution in [0.2, 0.25) is 0 Å². The molecule has 0 aliphatic carbocycles. The molecule has 0 unspecified atom stereocenters. The van der Waals surface area contributed by atoms with Gasteiger partial charge in [-0.15, -0.1) is 0 Å². The molecule has 0 bridgehead atoms. The van der Waals surface area contributed by atoms with E-state index in [9.17, 15) is 0 Å². The zero-order chi connectivity index (χ0) is 16.2.